The van der Waals surface area contributed by atoms with E-state index in [1.165, 1.54) is 30.7 Å². The van der Waals surface area contributed by atoms with Crippen LogP contribution in [0.2, 0.25) is 0 Å². The van der Waals surface area contributed by atoms with Crippen molar-refractivity contribution in [3.63, 3.8) is 0 Å². The SMILES string of the molecule is CC1CCCCC1NC(=O)COC(=O)c1cccc(S(=O)(=O)NC2CC2)c1. The van der Waals surface area contributed by atoms with Crippen molar-refractivity contribution in [2.45, 2.75) is 62.4 Å². The van der Waals surface area contributed by atoms with E-state index in [9.17, 15) is 18.0 Å². The van der Waals surface area contributed by atoms with Crippen molar-refractivity contribution in [1.29, 1.82) is 0 Å². The number of amides is 1. The van der Waals surface area contributed by atoms with Crippen molar-refractivity contribution >= 4 is 21.9 Å². The smallest absolute Gasteiger partial charge is 0.338 e. The lowest BCUT2D eigenvalue weighted by molar-refractivity contribution is -0.125. The highest BCUT2D eigenvalue weighted by Gasteiger charge is 2.28. The van der Waals surface area contributed by atoms with Gasteiger partial charge in [-0.05, 0) is 49.8 Å². The quantitative estimate of drug-likeness (QED) is 0.689. The van der Waals surface area contributed by atoms with Crippen LogP contribution in [0.4, 0.5) is 0 Å². The van der Waals surface area contributed by atoms with E-state index in [1.54, 1.807) is 0 Å². The van der Waals surface area contributed by atoms with E-state index in [0.29, 0.717) is 5.92 Å². The average molecular weight is 394 g/mol. The molecule has 0 heterocycles. The molecule has 27 heavy (non-hydrogen) atoms. The summed E-state index contributed by atoms with van der Waals surface area (Å²) in [7, 11) is -3.65. The Labute approximate surface area is 159 Å². The molecule has 0 aromatic heterocycles. The van der Waals surface area contributed by atoms with Gasteiger partial charge in [0.05, 0.1) is 10.5 Å². The predicted molar refractivity (Wildman–Crippen MR) is 99.6 cm³/mol. The lowest BCUT2D eigenvalue weighted by atomic mass is 9.86. The van der Waals surface area contributed by atoms with Gasteiger partial charge < -0.3 is 10.1 Å². The largest absolute Gasteiger partial charge is 0.452 e. The van der Waals surface area contributed by atoms with Gasteiger partial charge in [-0.2, -0.15) is 0 Å². The first-order chi connectivity index (χ1) is 12.8. The first-order valence-corrected chi connectivity index (χ1v) is 10.9. The number of carbonyl (C=O) groups excluding carboxylic acids is 2. The lowest BCUT2D eigenvalue weighted by Crippen LogP contribution is -2.42. The molecule has 148 valence electrons. The molecule has 0 spiro atoms. The summed E-state index contributed by atoms with van der Waals surface area (Å²) < 4.78 is 32.1. The van der Waals surface area contributed by atoms with Crippen molar-refractivity contribution in [2.24, 2.45) is 5.92 Å². The van der Waals surface area contributed by atoms with Gasteiger partial charge in [-0.3, -0.25) is 4.79 Å². The molecular weight excluding hydrogens is 368 g/mol. The normalized spacial score (nSPS) is 22.9. The molecule has 2 unspecified atom stereocenters. The van der Waals surface area contributed by atoms with Crippen LogP contribution < -0.4 is 10.0 Å². The van der Waals surface area contributed by atoms with Crippen LogP contribution >= 0.6 is 0 Å². The van der Waals surface area contributed by atoms with Crippen LogP contribution in [0.1, 0.15) is 55.8 Å². The zero-order chi connectivity index (χ0) is 19.4. The Bertz CT molecular complexity index is 804. The second kappa shape index (κ2) is 8.39. The number of nitrogens with one attached hydrogen (secondary N) is 2. The Kier molecular flexibility index (Phi) is 6.16. The van der Waals surface area contributed by atoms with Gasteiger partial charge in [0.25, 0.3) is 5.91 Å². The third kappa shape index (κ3) is 5.52. The Balaban J connectivity index is 1.54. The van der Waals surface area contributed by atoms with E-state index in [0.717, 1.165) is 32.1 Å². The van der Waals surface area contributed by atoms with Gasteiger partial charge in [-0.25, -0.2) is 17.9 Å². The van der Waals surface area contributed by atoms with E-state index in [1.807, 2.05) is 0 Å². The Morgan fingerprint density at radius 1 is 1.15 bits per heavy atom. The first kappa shape index (κ1) is 19.8. The van der Waals surface area contributed by atoms with Crippen LogP contribution in [0, 0.1) is 5.92 Å². The number of ether oxygens (including phenoxy) is 1. The molecule has 2 aliphatic carbocycles. The Morgan fingerprint density at radius 3 is 2.59 bits per heavy atom. The van der Waals surface area contributed by atoms with Crippen LogP contribution in [-0.4, -0.2) is 39.0 Å². The molecule has 2 atom stereocenters. The summed E-state index contributed by atoms with van der Waals surface area (Å²) in [5.41, 5.74) is 0.104. The number of benzene rings is 1. The molecule has 2 saturated carbocycles. The zero-order valence-electron chi connectivity index (χ0n) is 15.4. The summed E-state index contributed by atoms with van der Waals surface area (Å²) in [4.78, 5) is 24.3. The minimum absolute atomic E-state index is 0.0171. The first-order valence-electron chi connectivity index (χ1n) is 9.44. The van der Waals surface area contributed by atoms with Gasteiger partial charge in [0, 0.05) is 12.1 Å². The third-order valence-corrected chi connectivity index (χ3v) is 6.59. The molecule has 2 aliphatic rings. The molecule has 0 bridgehead atoms. The van der Waals surface area contributed by atoms with Crippen LogP contribution in [0.3, 0.4) is 0 Å². The van der Waals surface area contributed by atoms with Crippen molar-refractivity contribution in [3.8, 4) is 0 Å². The van der Waals surface area contributed by atoms with Crippen LogP contribution in [-0.2, 0) is 19.6 Å². The fourth-order valence-corrected chi connectivity index (χ4v) is 4.62. The standard InChI is InChI=1S/C19H26N2O5S/c1-13-5-2-3-8-17(13)20-18(22)12-26-19(23)14-6-4-7-16(11-14)27(24,25)21-15-9-10-15/h4,6-7,11,13,15,17,21H,2-3,5,8-10,12H2,1H3,(H,20,22). The van der Waals surface area contributed by atoms with E-state index in [2.05, 4.69) is 17.0 Å². The third-order valence-electron chi connectivity index (χ3n) is 5.07. The Morgan fingerprint density at radius 2 is 1.89 bits per heavy atom. The fourth-order valence-electron chi connectivity index (χ4n) is 3.27. The number of hydrogen-bond acceptors (Lipinski definition) is 5. The molecular formula is C19H26N2O5S. The highest BCUT2D eigenvalue weighted by Crippen LogP contribution is 2.24. The number of sulfonamides is 1. The molecule has 0 radical (unpaired) electrons. The fraction of sp³-hybridized carbons (Fsp3) is 0.579. The monoisotopic (exact) mass is 394 g/mol. The van der Waals surface area contributed by atoms with Crippen LogP contribution in [0.25, 0.3) is 0 Å². The molecule has 7 nitrogen and oxygen atoms in total. The summed E-state index contributed by atoms with van der Waals surface area (Å²) in [5, 5.41) is 2.92. The number of carbonyl (C=O) groups is 2. The van der Waals surface area contributed by atoms with Crippen LogP contribution in [0.15, 0.2) is 29.2 Å². The topological polar surface area (TPSA) is 102 Å². The van der Waals surface area contributed by atoms with Crippen LogP contribution in [0.5, 0.6) is 0 Å². The van der Waals surface area contributed by atoms with Gasteiger partial charge in [0.1, 0.15) is 0 Å². The van der Waals surface area contributed by atoms with Crippen molar-refractivity contribution in [1.82, 2.24) is 10.0 Å². The van der Waals surface area contributed by atoms with Crippen molar-refractivity contribution in [2.75, 3.05) is 6.61 Å². The number of rotatable bonds is 7. The summed E-state index contributed by atoms with van der Waals surface area (Å²) >= 11 is 0. The maximum Gasteiger partial charge on any atom is 0.338 e. The second-order valence-electron chi connectivity index (χ2n) is 7.44. The summed E-state index contributed by atoms with van der Waals surface area (Å²) in [6, 6.07) is 5.76. The summed E-state index contributed by atoms with van der Waals surface area (Å²) in [6.07, 6.45) is 5.95. The van der Waals surface area contributed by atoms with E-state index < -0.39 is 16.0 Å². The average Bonchev–Trinajstić information content (AvgIpc) is 3.45. The molecule has 1 aromatic carbocycles. The molecule has 3 rings (SSSR count). The van der Waals surface area contributed by atoms with E-state index in [4.69, 9.17) is 4.74 Å². The predicted octanol–water partition coefficient (Wildman–Crippen LogP) is 1.98. The maximum absolute atomic E-state index is 12.2. The molecule has 1 aromatic rings. The van der Waals surface area contributed by atoms with Gasteiger partial charge >= 0.3 is 5.97 Å². The highest BCUT2D eigenvalue weighted by atomic mass is 32.2. The molecule has 8 heteroatoms. The van der Waals surface area contributed by atoms with Gasteiger partial charge in [0.2, 0.25) is 10.0 Å². The molecule has 0 saturated heterocycles. The number of esters is 1. The summed E-state index contributed by atoms with van der Waals surface area (Å²) in [6.45, 7) is 1.73. The van der Waals surface area contributed by atoms with E-state index in [-0.39, 0.29) is 35.1 Å². The zero-order valence-corrected chi connectivity index (χ0v) is 16.3. The molecule has 0 aliphatic heterocycles. The lowest BCUT2D eigenvalue weighted by Gasteiger charge is -2.29. The Hall–Kier alpha value is -1.93. The van der Waals surface area contributed by atoms with Crippen molar-refractivity contribution in [3.05, 3.63) is 29.8 Å². The molecule has 2 N–H and O–H groups in total. The maximum atomic E-state index is 12.2. The highest BCUT2D eigenvalue weighted by molar-refractivity contribution is 7.89. The van der Waals surface area contributed by atoms with E-state index >= 15 is 0 Å². The van der Waals surface area contributed by atoms with Crippen molar-refractivity contribution < 1.29 is 22.7 Å². The minimum atomic E-state index is -3.65. The number of hydrogen-bond donors (Lipinski definition) is 2. The van der Waals surface area contributed by atoms with Gasteiger partial charge in [0.15, 0.2) is 6.61 Å². The molecule has 1 amide bonds. The van der Waals surface area contributed by atoms with Gasteiger partial charge in [-0.15, -0.1) is 0 Å². The minimum Gasteiger partial charge on any atom is -0.452 e. The molecule has 2 fully saturated rings. The summed E-state index contributed by atoms with van der Waals surface area (Å²) in [5.74, 6) is -0.633. The second-order valence-corrected chi connectivity index (χ2v) is 9.15. The van der Waals surface area contributed by atoms with Gasteiger partial charge in [-0.1, -0.05) is 25.8 Å².